The van der Waals surface area contributed by atoms with Gasteiger partial charge in [0, 0.05) is 5.56 Å². The van der Waals surface area contributed by atoms with E-state index in [9.17, 15) is 14.7 Å². The number of carbonyl (C=O) groups excluding carboxylic acids is 1. The van der Waals surface area contributed by atoms with Crippen molar-refractivity contribution in [2.75, 3.05) is 27.9 Å². The van der Waals surface area contributed by atoms with Crippen molar-refractivity contribution in [3.63, 3.8) is 0 Å². The molecule has 0 radical (unpaired) electrons. The van der Waals surface area contributed by atoms with Crippen LogP contribution in [0.1, 0.15) is 31.0 Å². The van der Waals surface area contributed by atoms with Gasteiger partial charge in [0.1, 0.15) is 17.5 Å². The zero-order valence-electron chi connectivity index (χ0n) is 20.8. The molecule has 0 fully saturated rings. The van der Waals surface area contributed by atoms with Gasteiger partial charge >= 0.3 is 5.97 Å². The number of aromatic hydroxyl groups is 1. The maximum atomic E-state index is 13.8. The first-order valence-electron chi connectivity index (χ1n) is 11.2. The molecule has 0 amide bonds. The largest absolute Gasteiger partial charge is 0.503 e. The Bertz CT molecular complexity index is 1590. The van der Waals surface area contributed by atoms with E-state index >= 15 is 0 Å². The van der Waals surface area contributed by atoms with E-state index in [2.05, 4.69) is 20.9 Å². The molecule has 1 aliphatic rings. The molecule has 194 valence electrons. The number of nitrogens with zero attached hydrogens (tertiary/aromatic N) is 2. The van der Waals surface area contributed by atoms with E-state index < -0.39 is 12.0 Å². The summed E-state index contributed by atoms with van der Waals surface area (Å²) in [6.07, 6.45) is 1.68. The lowest BCUT2D eigenvalue weighted by Crippen LogP contribution is -2.40. The number of benzene rings is 2. The van der Waals surface area contributed by atoms with Crippen LogP contribution in [0, 0.1) is 0 Å². The van der Waals surface area contributed by atoms with Crippen molar-refractivity contribution in [2.24, 2.45) is 4.99 Å². The number of hydrogen-bond acceptors (Lipinski definition) is 9. The van der Waals surface area contributed by atoms with Gasteiger partial charge in [-0.05, 0) is 71.7 Å². The third-order valence-electron chi connectivity index (χ3n) is 5.82. The number of thiazole rings is 1. The summed E-state index contributed by atoms with van der Waals surface area (Å²) in [6, 6.07) is 7.64. The minimum atomic E-state index is -0.858. The molecule has 0 unspecified atom stereocenters. The average molecular weight is 589 g/mol. The molecular weight excluding hydrogens is 564 g/mol. The van der Waals surface area contributed by atoms with E-state index in [-0.39, 0.29) is 29.2 Å². The van der Waals surface area contributed by atoms with Crippen molar-refractivity contribution in [1.29, 1.82) is 0 Å². The molecule has 2 aromatic carbocycles. The van der Waals surface area contributed by atoms with Crippen LogP contribution in [-0.2, 0) is 9.53 Å². The molecular formula is C26H25BrN2O7S. The molecule has 37 heavy (non-hydrogen) atoms. The SMILES string of the molecule is CCOC(=O)C1=C(C)N=c2sc(=Cc3cc(Br)c(O)c(OC)c3)c(=O)n2[C@H]1c1cc(OC)ccc1OC. The molecule has 0 spiro atoms. The van der Waals surface area contributed by atoms with Gasteiger partial charge in [-0.2, -0.15) is 0 Å². The monoisotopic (exact) mass is 588 g/mol. The quantitative estimate of drug-likeness (QED) is 0.422. The predicted octanol–water partition coefficient (Wildman–Crippen LogP) is 3.29. The van der Waals surface area contributed by atoms with Crippen molar-refractivity contribution >= 4 is 39.3 Å². The number of allylic oxidation sites excluding steroid dienone is 1. The molecule has 9 nitrogen and oxygen atoms in total. The lowest BCUT2D eigenvalue weighted by Gasteiger charge is -2.26. The van der Waals surface area contributed by atoms with Crippen LogP contribution in [0.2, 0.25) is 0 Å². The first-order chi connectivity index (χ1) is 17.7. The van der Waals surface area contributed by atoms with Crippen LogP contribution in [0.4, 0.5) is 0 Å². The summed E-state index contributed by atoms with van der Waals surface area (Å²) < 4.78 is 23.9. The molecule has 3 aromatic rings. The second kappa shape index (κ2) is 10.8. The van der Waals surface area contributed by atoms with Crippen LogP contribution in [-0.4, -0.2) is 43.6 Å². The minimum Gasteiger partial charge on any atom is -0.503 e. The normalized spacial score (nSPS) is 15.2. The standard InChI is InChI=1S/C26H25BrN2O7S/c1-6-36-25(32)21-13(2)28-26-29(22(21)16-12-15(33-3)7-8-18(16)34-4)24(31)20(37-26)11-14-9-17(27)23(30)19(10-14)35-5/h7-12,22,30H,6H2,1-5H3/t22-/m0/s1. The van der Waals surface area contributed by atoms with Crippen LogP contribution in [0.5, 0.6) is 23.0 Å². The van der Waals surface area contributed by atoms with Gasteiger partial charge in [-0.15, -0.1) is 0 Å². The second-order valence-electron chi connectivity index (χ2n) is 7.96. The van der Waals surface area contributed by atoms with Gasteiger partial charge in [0.25, 0.3) is 5.56 Å². The molecule has 0 aliphatic carbocycles. The predicted molar refractivity (Wildman–Crippen MR) is 142 cm³/mol. The summed E-state index contributed by atoms with van der Waals surface area (Å²) in [7, 11) is 4.50. The summed E-state index contributed by atoms with van der Waals surface area (Å²) >= 11 is 4.49. The van der Waals surface area contributed by atoms with E-state index in [1.165, 1.54) is 37.2 Å². The van der Waals surface area contributed by atoms with Crippen LogP contribution < -0.4 is 29.1 Å². The fourth-order valence-corrected chi connectivity index (χ4v) is 5.63. The van der Waals surface area contributed by atoms with Gasteiger partial charge in [0.2, 0.25) is 0 Å². The van der Waals surface area contributed by atoms with Gasteiger partial charge in [0.15, 0.2) is 16.3 Å². The van der Waals surface area contributed by atoms with Gasteiger partial charge in [-0.1, -0.05) is 11.3 Å². The highest BCUT2D eigenvalue weighted by Gasteiger charge is 2.35. The van der Waals surface area contributed by atoms with E-state index in [4.69, 9.17) is 18.9 Å². The molecule has 1 N–H and O–H groups in total. The Kier molecular flexibility index (Phi) is 7.74. The smallest absolute Gasteiger partial charge is 0.338 e. The molecule has 1 aromatic heterocycles. The number of aromatic nitrogens is 1. The summed E-state index contributed by atoms with van der Waals surface area (Å²) in [5, 5.41) is 10.1. The Hall–Kier alpha value is -3.57. The molecule has 0 bridgehead atoms. The molecule has 2 heterocycles. The Balaban J connectivity index is 2.01. The Labute approximate surface area is 225 Å². The van der Waals surface area contributed by atoms with E-state index in [1.807, 2.05) is 0 Å². The number of phenols is 1. The molecule has 0 saturated carbocycles. The number of ether oxygens (including phenoxy) is 4. The molecule has 1 atom stereocenters. The highest BCUT2D eigenvalue weighted by atomic mass is 79.9. The fraction of sp³-hybridized carbons (Fsp3) is 0.269. The zero-order valence-corrected chi connectivity index (χ0v) is 23.2. The zero-order chi connectivity index (χ0) is 26.9. The van der Waals surface area contributed by atoms with Gasteiger partial charge in [-0.3, -0.25) is 9.36 Å². The van der Waals surface area contributed by atoms with Crippen molar-refractivity contribution in [3.05, 3.63) is 76.9 Å². The van der Waals surface area contributed by atoms with Crippen LogP contribution in [0.3, 0.4) is 0 Å². The number of fused-ring (bicyclic) bond motifs is 1. The highest BCUT2D eigenvalue weighted by Crippen LogP contribution is 2.38. The van der Waals surface area contributed by atoms with Gasteiger partial charge in [-0.25, -0.2) is 9.79 Å². The van der Waals surface area contributed by atoms with Crippen molar-refractivity contribution < 1.29 is 28.8 Å². The number of phenolic OH excluding ortho intramolecular Hbond substituents is 1. The first-order valence-corrected chi connectivity index (χ1v) is 12.8. The molecule has 1 aliphatic heterocycles. The molecule has 0 saturated heterocycles. The molecule has 11 heteroatoms. The topological polar surface area (TPSA) is 109 Å². The Morgan fingerprint density at radius 3 is 2.54 bits per heavy atom. The van der Waals surface area contributed by atoms with E-state index in [0.717, 1.165) is 0 Å². The minimum absolute atomic E-state index is 0.0408. The van der Waals surface area contributed by atoms with Crippen LogP contribution >= 0.6 is 27.3 Å². The number of halogens is 1. The maximum Gasteiger partial charge on any atom is 0.338 e. The summed E-state index contributed by atoms with van der Waals surface area (Å²) in [6.45, 7) is 3.60. The number of rotatable bonds is 7. The molecule has 4 rings (SSSR count). The third kappa shape index (κ3) is 4.88. The van der Waals surface area contributed by atoms with E-state index in [1.54, 1.807) is 50.3 Å². The van der Waals surface area contributed by atoms with Crippen LogP contribution in [0.25, 0.3) is 6.08 Å². The van der Waals surface area contributed by atoms with Crippen LogP contribution in [0.15, 0.2) is 55.9 Å². The lowest BCUT2D eigenvalue weighted by atomic mass is 9.94. The Morgan fingerprint density at radius 2 is 1.89 bits per heavy atom. The van der Waals surface area contributed by atoms with Crippen molar-refractivity contribution in [3.8, 4) is 23.0 Å². The Morgan fingerprint density at radius 1 is 1.16 bits per heavy atom. The van der Waals surface area contributed by atoms with Crippen molar-refractivity contribution in [2.45, 2.75) is 19.9 Å². The summed E-state index contributed by atoms with van der Waals surface area (Å²) in [4.78, 5) is 32.0. The fourth-order valence-electron chi connectivity index (χ4n) is 4.12. The number of hydrogen-bond donors (Lipinski definition) is 1. The summed E-state index contributed by atoms with van der Waals surface area (Å²) in [5.74, 6) is 0.662. The van der Waals surface area contributed by atoms with Crippen molar-refractivity contribution in [1.82, 2.24) is 4.57 Å². The van der Waals surface area contributed by atoms with Gasteiger partial charge in [0.05, 0.1) is 48.2 Å². The second-order valence-corrected chi connectivity index (χ2v) is 9.83. The first kappa shape index (κ1) is 26.5. The number of carbonyl (C=O) groups is 1. The van der Waals surface area contributed by atoms with E-state index in [0.29, 0.717) is 42.1 Å². The highest BCUT2D eigenvalue weighted by molar-refractivity contribution is 9.10. The summed E-state index contributed by atoms with van der Waals surface area (Å²) in [5.41, 5.74) is 1.51. The lowest BCUT2D eigenvalue weighted by molar-refractivity contribution is -0.139. The third-order valence-corrected chi connectivity index (χ3v) is 7.40. The number of methoxy groups -OCH3 is 3. The maximum absolute atomic E-state index is 13.8. The average Bonchev–Trinajstić information content (AvgIpc) is 3.18. The number of esters is 1. The van der Waals surface area contributed by atoms with Gasteiger partial charge < -0.3 is 24.1 Å².